The molecule has 2 aromatic carbocycles. The van der Waals surface area contributed by atoms with Crippen molar-refractivity contribution in [1.29, 1.82) is 0 Å². The Morgan fingerprint density at radius 1 is 1.18 bits per heavy atom. The second-order valence-corrected chi connectivity index (χ2v) is 7.50. The average molecular weight is 513 g/mol. The summed E-state index contributed by atoms with van der Waals surface area (Å²) in [5.74, 6) is -0.730. The first kappa shape index (κ1) is 22.0. The second kappa shape index (κ2) is 10.3. The smallest absolute Gasteiger partial charge is 0.352 e. The van der Waals surface area contributed by atoms with E-state index in [9.17, 15) is 14.7 Å². The molecule has 0 saturated heterocycles. The molecule has 148 valence electrons. The number of carbonyl (C=O) groups excluding carboxylic acids is 1. The number of carboxylic acids is 1. The molecule has 0 radical (unpaired) electrons. The predicted molar refractivity (Wildman–Crippen MR) is 113 cm³/mol. The monoisotopic (exact) mass is 511 g/mol. The van der Waals surface area contributed by atoms with E-state index in [0.717, 1.165) is 10.0 Å². The van der Waals surface area contributed by atoms with Gasteiger partial charge in [-0.1, -0.05) is 28.1 Å². The van der Waals surface area contributed by atoms with Gasteiger partial charge in [0.2, 0.25) is 5.91 Å². The molecule has 0 fully saturated rings. The first-order chi connectivity index (χ1) is 13.3. The number of nitrogens with one attached hydrogen (secondary N) is 1. The van der Waals surface area contributed by atoms with Gasteiger partial charge in [0.05, 0.1) is 11.1 Å². The standard InChI is InChI=1S/C20H19Br2NO5/c1-3-27-18-10-14(9-17(20(25)26)23-12(2)24)8-16(22)19(18)28-11-13-5-4-6-15(21)7-13/h4-10H,3,11H2,1-2H3,(H,23,24)(H,25,26)/b17-9+. The fourth-order valence-corrected chi connectivity index (χ4v) is 3.38. The maximum atomic E-state index is 11.3. The SMILES string of the molecule is CCOc1cc(/C=C(/NC(C)=O)C(=O)O)cc(Br)c1OCc1cccc(Br)c1. The Morgan fingerprint density at radius 2 is 1.93 bits per heavy atom. The van der Waals surface area contributed by atoms with Crippen LogP contribution in [0.15, 0.2) is 51.0 Å². The molecule has 0 spiro atoms. The minimum Gasteiger partial charge on any atom is -0.490 e. The van der Waals surface area contributed by atoms with Crippen molar-refractivity contribution in [3.05, 3.63) is 62.2 Å². The largest absolute Gasteiger partial charge is 0.490 e. The third-order valence-electron chi connectivity index (χ3n) is 3.46. The average Bonchev–Trinajstić information content (AvgIpc) is 2.60. The molecular formula is C20H19Br2NO5. The molecule has 0 unspecified atom stereocenters. The van der Waals surface area contributed by atoms with Crippen molar-refractivity contribution in [2.75, 3.05) is 6.61 Å². The zero-order valence-corrected chi connectivity index (χ0v) is 18.5. The van der Waals surface area contributed by atoms with E-state index >= 15 is 0 Å². The highest BCUT2D eigenvalue weighted by Crippen LogP contribution is 2.38. The first-order valence-corrected chi connectivity index (χ1v) is 9.95. The van der Waals surface area contributed by atoms with Gasteiger partial charge < -0.3 is 19.9 Å². The minimum absolute atomic E-state index is 0.232. The molecule has 0 aliphatic rings. The molecule has 0 saturated carbocycles. The lowest BCUT2D eigenvalue weighted by Gasteiger charge is -2.15. The van der Waals surface area contributed by atoms with Crippen molar-refractivity contribution in [1.82, 2.24) is 5.32 Å². The molecule has 1 amide bonds. The van der Waals surface area contributed by atoms with Crippen LogP contribution in [-0.4, -0.2) is 23.6 Å². The topological polar surface area (TPSA) is 84.9 Å². The first-order valence-electron chi connectivity index (χ1n) is 8.36. The number of carbonyl (C=O) groups is 2. The third kappa shape index (κ3) is 6.38. The zero-order valence-electron chi connectivity index (χ0n) is 15.3. The molecule has 0 aromatic heterocycles. The summed E-state index contributed by atoms with van der Waals surface area (Å²) < 4.78 is 13.2. The summed E-state index contributed by atoms with van der Waals surface area (Å²) in [6, 6.07) is 11.1. The van der Waals surface area contributed by atoms with Crippen molar-refractivity contribution in [2.45, 2.75) is 20.5 Å². The van der Waals surface area contributed by atoms with Crippen molar-refractivity contribution in [3.63, 3.8) is 0 Å². The second-order valence-electron chi connectivity index (χ2n) is 5.73. The van der Waals surface area contributed by atoms with Gasteiger partial charge in [0.1, 0.15) is 12.3 Å². The normalized spacial score (nSPS) is 11.1. The summed E-state index contributed by atoms with van der Waals surface area (Å²) in [5, 5.41) is 11.6. The van der Waals surface area contributed by atoms with Crippen LogP contribution in [0.5, 0.6) is 11.5 Å². The molecule has 28 heavy (non-hydrogen) atoms. The Bertz CT molecular complexity index is 911. The summed E-state index contributed by atoms with van der Waals surface area (Å²) in [6.45, 7) is 3.83. The summed E-state index contributed by atoms with van der Waals surface area (Å²) in [6.07, 6.45) is 1.36. The number of amides is 1. The van der Waals surface area contributed by atoms with Gasteiger partial charge in [-0.3, -0.25) is 4.79 Å². The Balaban J connectivity index is 2.34. The summed E-state index contributed by atoms with van der Waals surface area (Å²) >= 11 is 6.88. The van der Waals surface area contributed by atoms with Gasteiger partial charge in [-0.15, -0.1) is 0 Å². The number of carboxylic acid groups (broad SMARTS) is 1. The van der Waals surface area contributed by atoms with Crippen LogP contribution in [0.25, 0.3) is 6.08 Å². The number of rotatable bonds is 8. The Hall–Kier alpha value is -2.32. The molecular weight excluding hydrogens is 494 g/mol. The number of hydrogen-bond donors (Lipinski definition) is 2. The van der Waals surface area contributed by atoms with Crippen LogP contribution in [0, 0.1) is 0 Å². The molecule has 0 aliphatic carbocycles. The van der Waals surface area contributed by atoms with E-state index in [0.29, 0.717) is 34.7 Å². The van der Waals surface area contributed by atoms with Crippen LogP contribution in [0.3, 0.4) is 0 Å². The van der Waals surface area contributed by atoms with Gasteiger partial charge in [0.15, 0.2) is 11.5 Å². The van der Waals surface area contributed by atoms with Crippen molar-refractivity contribution < 1.29 is 24.2 Å². The summed E-state index contributed by atoms with van der Waals surface area (Å²) in [5.41, 5.74) is 1.28. The Morgan fingerprint density at radius 3 is 2.54 bits per heavy atom. The highest BCUT2D eigenvalue weighted by atomic mass is 79.9. The lowest BCUT2D eigenvalue weighted by atomic mass is 10.1. The Labute approximate surface area is 179 Å². The van der Waals surface area contributed by atoms with Crippen molar-refractivity contribution in [3.8, 4) is 11.5 Å². The van der Waals surface area contributed by atoms with E-state index in [1.54, 1.807) is 12.1 Å². The van der Waals surface area contributed by atoms with E-state index in [-0.39, 0.29) is 5.70 Å². The van der Waals surface area contributed by atoms with E-state index in [1.807, 2.05) is 31.2 Å². The number of halogens is 2. The quantitative estimate of drug-likeness (QED) is 0.498. The lowest BCUT2D eigenvalue weighted by Crippen LogP contribution is -2.24. The minimum atomic E-state index is -1.24. The number of benzene rings is 2. The van der Waals surface area contributed by atoms with Crippen LogP contribution in [-0.2, 0) is 16.2 Å². The Kier molecular flexibility index (Phi) is 8.07. The predicted octanol–water partition coefficient (Wildman–Crippen LogP) is 4.75. The number of hydrogen-bond acceptors (Lipinski definition) is 4. The maximum Gasteiger partial charge on any atom is 0.352 e. The van der Waals surface area contributed by atoms with Gasteiger partial charge in [-0.25, -0.2) is 4.79 Å². The molecule has 0 atom stereocenters. The zero-order chi connectivity index (χ0) is 20.7. The fourth-order valence-electron chi connectivity index (χ4n) is 2.36. The van der Waals surface area contributed by atoms with Crippen LogP contribution in [0.2, 0.25) is 0 Å². The van der Waals surface area contributed by atoms with Crippen molar-refractivity contribution in [2.24, 2.45) is 0 Å². The van der Waals surface area contributed by atoms with Crippen LogP contribution in [0.4, 0.5) is 0 Å². The van der Waals surface area contributed by atoms with Gasteiger partial charge in [0, 0.05) is 11.4 Å². The summed E-state index contributed by atoms with van der Waals surface area (Å²) in [7, 11) is 0. The highest BCUT2D eigenvalue weighted by molar-refractivity contribution is 9.10. The molecule has 8 heteroatoms. The fraction of sp³-hybridized carbons (Fsp3) is 0.200. The summed E-state index contributed by atoms with van der Waals surface area (Å²) in [4.78, 5) is 22.5. The van der Waals surface area contributed by atoms with E-state index in [4.69, 9.17) is 9.47 Å². The van der Waals surface area contributed by atoms with E-state index in [2.05, 4.69) is 37.2 Å². The van der Waals surface area contributed by atoms with Crippen LogP contribution < -0.4 is 14.8 Å². The van der Waals surface area contributed by atoms with Gasteiger partial charge >= 0.3 is 5.97 Å². The van der Waals surface area contributed by atoms with Gasteiger partial charge in [-0.2, -0.15) is 0 Å². The van der Waals surface area contributed by atoms with Gasteiger partial charge in [0.25, 0.3) is 0 Å². The molecule has 2 aromatic rings. The molecule has 2 rings (SSSR count). The molecule has 2 N–H and O–H groups in total. The lowest BCUT2D eigenvalue weighted by molar-refractivity contribution is -0.134. The number of aliphatic carboxylic acids is 1. The maximum absolute atomic E-state index is 11.3. The van der Waals surface area contributed by atoms with Crippen LogP contribution in [0.1, 0.15) is 25.0 Å². The van der Waals surface area contributed by atoms with E-state index < -0.39 is 11.9 Å². The molecule has 6 nitrogen and oxygen atoms in total. The van der Waals surface area contributed by atoms with E-state index in [1.165, 1.54) is 13.0 Å². The van der Waals surface area contributed by atoms with Crippen molar-refractivity contribution >= 4 is 49.8 Å². The molecule has 0 bridgehead atoms. The van der Waals surface area contributed by atoms with Gasteiger partial charge in [-0.05, 0) is 64.3 Å². The molecule has 0 aliphatic heterocycles. The highest BCUT2D eigenvalue weighted by Gasteiger charge is 2.14. The van der Waals surface area contributed by atoms with Crippen LogP contribution >= 0.6 is 31.9 Å². The number of ether oxygens (including phenoxy) is 2. The third-order valence-corrected chi connectivity index (χ3v) is 4.54. The molecule has 0 heterocycles.